The molecule has 0 amide bonds. The second-order valence-electron chi connectivity index (χ2n) is 5.49. The van der Waals surface area contributed by atoms with E-state index in [1.165, 1.54) is 17.5 Å². The third kappa shape index (κ3) is 4.35. The molecule has 1 aromatic carbocycles. The Morgan fingerprint density at radius 3 is 2.63 bits per heavy atom. The lowest BCUT2D eigenvalue weighted by Crippen LogP contribution is -2.32. The second-order valence-corrected chi connectivity index (χ2v) is 5.49. The summed E-state index contributed by atoms with van der Waals surface area (Å²) in [5.74, 6) is 0.149. The van der Waals surface area contributed by atoms with Crippen molar-refractivity contribution in [3.63, 3.8) is 0 Å². The number of ether oxygens (including phenoxy) is 1. The van der Waals surface area contributed by atoms with Crippen LogP contribution < -0.4 is 5.32 Å². The van der Waals surface area contributed by atoms with Crippen molar-refractivity contribution in [2.45, 2.75) is 45.8 Å². The molecule has 3 nitrogen and oxygen atoms in total. The molecule has 0 spiro atoms. The molecule has 1 atom stereocenters. The first-order valence-corrected chi connectivity index (χ1v) is 7.12. The SMILES string of the molecule is Cc1ccc(CNCC(C)OC(=O)C2CCC2)cc1. The zero-order chi connectivity index (χ0) is 13.7. The van der Waals surface area contributed by atoms with Crippen LogP contribution in [0.25, 0.3) is 0 Å². The summed E-state index contributed by atoms with van der Waals surface area (Å²) in [4.78, 5) is 11.7. The molecule has 0 aromatic heterocycles. The van der Waals surface area contributed by atoms with Gasteiger partial charge in [-0.3, -0.25) is 4.79 Å². The lowest BCUT2D eigenvalue weighted by Gasteiger charge is -2.25. The Kier molecular flexibility index (Phi) is 4.97. The fraction of sp³-hybridized carbons (Fsp3) is 0.562. The molecule has 1 aliphatic carbocycles. The van der Waals surface area contributed by atoms with E-state index in [2.05, 4.69) is 36.5 Å². The molecule has 0 aliphatic heterocycles. The highest BCUT2D eigenvalue weighted by Gasteiger charge is 2.27. The van der Waals surface area contributed by atoms with Crippen LogP contribution in [-0.2, 0) is 16.1 Å². The maximum atomic E-state index is 11.7. The summed E-state index contributed by atoms with van der Waals surface area (Å²) in [6.45, 7) is 5.54. The Morgan fingerprint density at radius 2 is 2.05 bits per heavy atom. The fourth-order valence-electron chi connectivity index (χ4n) is 2.11. The predicted molar refractivity (Wildman–Crippen MR) is 75.8 cm³/mol. The van der Waals surface area contributed by atoms with Crippen LogP contribution in [-0.4, -0.2) is 18.6 Å². The first-order valence-electron chi connectivity index (χ1n) is 7.12. The Labute approximate surface area is 115 Å². The largest absolute Gasteiger partial charge is 0.461 e. The lowest BCUT2D eigenvalue weighted by atomic mass is 9.86. The van der Waals surface area contributed by atoms with Gasteiger partial charge in [-0.05, 0) is 32.3 Å². The second kappa shape index (κ2) is 6.71. The fourth-order valence-corrected chi connectivity index (χ4v) is 2.11. The van der Waals surface area contributed by atoms with Crippen molar-refractivity contribution in [3.8, 4) is 0 Å². The van der Waals surface area contributed by atoms with Gasteiger partial charge >= 0.3 is 5.97 Å². The highest BCUT2D eigenvalue weighted by atomic mass is 16.5. The topological polar surface area (TPSA) is 38.3 Å². The minimum Gasteiger partial charge on any atom is -0.461 e. The molecule has 104 valence electrons. The molecule has 19 heavy (non-hydrogen) atoms. The number of aryl methyl sites for hydroxylation is 1. The number of carbonyl (C=O) groups excluding carboxylic acids is 1. The van der Waals surface area contributed by atoms with E-state index >= 15 is 0 Å². The highest BCUT2D eigenvalue weighted by Crippen LogP contribution is 2.27. The number of carbonyl (C=O) groups is 1. The molecule has 0 saturated heterocycles. The molecule has 3 heteroatoms. The van der Waals surface area contributed by atoms with E-state index < -0.39 is 0 Å². The van der Waals surface area contributed by atoms with Crippen molar-refractivity contribution in [1.82, 2.24) is 5.32 Å². The first kappa shape index (κ1) is 14.1. The van der Waals surface area contributed by atoms with Gasteiger partial charge in [0.05, 0.1) is 5.92 Å². The number of benzene rings is 1. The minimum atomic E-state index is -0.0569. The van der Waals surface area contributed by atoms with E-state index in [1.54, 1.807) is 0 Å². The van der Waals surface area contributed by atoms with Crippen molar-refractivity contribution in [3.05, 3.63) is 35.4 Å². The van der Waals surface area contributed by atoms with Gasteiger partial charge in [0.15, 0.2) is 0 Å². The Balaban J connectivity index is 1.64. The van der Waals surface area contributed by atoms with Gasteiger partial charge < -0.3 is 10.1 Å². The normalized spacial score (nSPS) is 16.7. The number of nitrogens with one attached hydrogen (secondary N) is 1. The van der Waals surface area contributed by atoms with Crippen LogP contribution >= 0.6 is 0 Å². The summed E-state index contributed by atoms with van der Waals surface area (Å²) in [6, 6.07) is 8.45. The van der Waals surface area contributed by atoms with Crippen LogP contribution in [0.2, 0.25) is 0 Å². The van der Waals surface area contributed by atoms with Gasteiger partial charge in [-0.2, -0.15) is 0 Å². The summed E-state index contributed by atoms with van der Waals surface area (Å²) in [6.07, 6.45) is 3.11. The Hall–Kier alpha value is -1.35. The Morgan fingerprint density at radius 1 is 1.37 bits per heavy atom. The van der Waals surface area contributed by atoms with Crippen LogP contribution in [0.15, 0.2) is 24.3 Å². The first-order chi connectivity index (χ1) is 9.15. The molecule has 1 saturated carbocycles. The van der Waals surface area contributed by atoms with Crippen LogP contribution in [0.1, 0.15) is 37.3 Å². The van der Waals surface area contributed by atoms with E-state index in [-0.39, 0.29) is 18.0 Å². The summed E-state index contributed by atoms with van der Waals surface area (Å²) in [7, 11) is 0. The molecule has 2 rings (SSSR count). The van der Waals surface area contributed by atoms with E-state index in [0.717, 1.165) is 19.4 Å². The molecule has 1 aliphatic rings. The van der Waals surface area contributed by atoms with Gasteiger partial charge in [0.25, 0.3) is 0 Å². The van der Waals surface area contributed by atoms with Gasteiger partial charge in [0, 0.05) is 13.1 Å². The molecule has 1 fully saturated rings. The van der Waals surface area contributed by atoms with Crippen molar-refractivity contribution in [1.29, 1.82) is 0 Å². The predicted octanol–water partition coefficient (Wildman–Crippen LogP) is 2.82. The number of esters is 1. The molecule has 0 radical (unpaired) electrons. The molecule has 1 aromatic rings. The van der Waals surface area contributed by atoms with E-state index in [1.807, 2.05) is 6.92 Å². The maximum Gasteiger partial charge on any atom is 0.309 e. The van der Waals surface area contributed by atoms with E-state index in [4.69, 9.17) is 4.74 Å². The zero-order valence-corrected chi connectivity index (χ0v) is 11.8. The molecular weight excluding hydrogens is 238 g/mol. The third-order valence-electron chi connectivity index (χ3n) is 3.64. The smallest absolute Gasteiger partial charge is 0.309 e. The third-order valence-corrected chi connectivity index (χ3v) is 3.64. The quantitative estimate of drug-likeness (QED) is 0.800. The lowest BCUT2D eigenvalue weighted by molar-refractivity contribution is -0.155. The standard InChI is InChI=1S/C16H23NO2/c1-12-6-8-14(9-7-12)11-17-10-13(2)19-16(18)15-4-3-5-15/h6-9,13,15,17H,3-5,10-11H2,1-2H3. The van der Waals surface area contributed by atoms with Crippen molar-refractivity contribution < 1.29 is 9.53 Å². The number of hydrogen-bond acceptors (Lipinski definition) is 3. The molecule has 0 heterocycles. The molecule has 1 N–H and O–H groups in total. The monoisotopic (exact) mass is 261 g/mol. The Bertz CT molecular complexity index is 409. The van der Waals surface area contributed by atoms with Crippen LogP contribution in [0.4, 0.5) is 0 Å². The number of hydrogen-bond donors (Lipinski definition) is 1. The van der Waals surface area contributed by atoms with Gasteiger partial charge in [0.1, 0.15) is 6.10 Å². The van der Waals surface area contributed by atoms with Crippen molar-refractivity contribution in [2.24, 2.45) is 5.92 Å². The van der Waals surface area contributed by atoms with Gasteiger partial charge in [-0.1, -0.05) is 36.2 Å². The summed E-state index contributed by atoms with van der Waals surface area (Å²) in [5, 5.41) is 3.32. The summed E-state index contributed by atoms with van der Waals surface area (Å²) in [5.41, 5.74) is 2.52. The zero-order valence-electron chi connectivity index (χ0n) is 11.8. The van der Waals surface area contributed by atoms with Gasteiger partial charge in [-0.15, -0.1) is 0 Å². The molecular formula is C16H23NO2. The van der Waals surface area contributed by atoms with Crippen LogP contribution in [0, 0.1) is 12.8 Å². The van der Waals surface area contributed by atoms with Crippen LogP contribution in [0.3, 0.4) is 0 Å². The average Bonchev–Trinajstić information content (AvgIpc) is 2.29. The van der Waals surface area contributed by atoms with Crippen molar-refractivity contribution >= 4 is 5.97 Å². The van der Waals surface area contributed by atoms with Crippen molar-refractivity contribution in [2.75, 3.05) is 6.54 Å². The average molecular weight is 261 g/mol. The minimum absolute atomic E-state index is 0.0177. The molecule has 1 unspecified atom stereocenters. The number of rotatable bonds is 6. The van der Waals surface area contributed by atoms with E-state index in [0.29, 0.717) is 6.54 Å². The van der Waals surface area contributed by atoms with Crippen LogP contribution in [0.5, 0.6) is 0 Å². The highest BCUT2D eigenvalue weighted by molar-refractivity contribution is 5.73. The van der Waals surface area contributed by atoms with E-state index in [9.17, 15) is 4.79 Å². The molecule has 0 bridgehead atoms. The summed E-state index contributed by atoms with van der Waals surface area (Å²) >= 11 is 0. The maximum absolute atomic E-state index is 11.7. The van der Waals surface area contributed by atoms with Gasteiger partial charge in [-0.25, -0.2) is 0 Å². The van der Waals surface area contributed by atoms with Gasteiger partial charge in [0.2, 0.25) is 0 Å². The summed E-state index contributed by atoms with van der Waals surface area (Å²) < 4.78 is 5.41.